The molecule has 1 unspecified atom stereocenters. The van der Waals surface area contributed by atoms with Crippen LogP contribution in [0.2, 0.25) is 0 Å². The minimum absolute atomic E-state index is 0.0887. The molecule has 0 spiro atoms. The standard InChI is InChI=1S/C10H14N2O2S/c13-10(9-6-15-7-12-9)11-4-3-8-2-1-5-14-8/h6-8H,1-5H2,(H,11,13). The Hall–Kier alpha value is -0.940. The van der Waals surface area contributed by atoms with Gasteiger partial charge in [0.15, 0.2) is 0 Å². The third-order valence-electron chi connectivity index (χ3n) is 2.44. The summed E-state index contributed by atoms with van der Waals surface area (Å²) in [6.45, 7) is 1.53. The molecule has 0 saturated carbocycles. The molecule has 82 valence electrons. The number of amides is 1. The lowest BCUT2D eigenvalue weighted by Gasteiger charge is -2.09. The van der Waals surface area contributed by atoms with E-state index in [1.165, 1.54) is 11.3 Å². The summed E-state index contributed by atoms with van der Waals surface area (Å²) in [5, 5.41) is 4.59. The molecule has 2 heterocycles. The number of carbonyl (C=O) groups is 1. The lowest BCUT2D eigenvalue weighted by molar-refractivity contribution is 0.0904. The monoisotopic (exact) mass is 226 g/mol. The van der Waals surface area contributed by atoms with Crippen LogP contribution in [0.15, 0.2) is 10.9 Å². The summed E-state index contributed by atoms with van der Waals surface area (Å²) in [6.07, 6.45) is 3.49. The van der Waals surface area contributed by atoms with Gasteiger partial charge in [-0.05, 0) is 19.3 Å². The van der Waals surface area contributed by atoms with Gasteiger partial charge in [0.1, 0.15) is 5.69 Å². The molecule has 1 amide bonds. The first-order valence-electron chi connectivity index (χ1n) is 5.14. The summed E-state index contributed by atoms with van der Waals surface area (Å²) < 4.78 is 5.46. The zero-order valence-corrected chi connectivity index (χ0v) is 9.26. The number of hydrogen-bond donors (Lipinski definition) is 1. The average molecular weight is 226 g/mol. The number of aromatic nitrogens is 1. The van der Waals surface area contributed by atoms with Crippen molar-refractivity contribution in [2.45, 2.75) is 25.4 Å². The third-order valence-corrected chi connectivity index (χ3v) is 3.03. The van der Waals surface area contributed by atoms with E-state index in [-0.39, 0.29) is 5.91 Å². The Kier molecular flexibility index (Phi) is 3.69. The van der Waals surface area contributed by atoms with Gasteiger partial charge in [-0.15, -0.1) is 11.3 Å². The van der Waals surface area contributed by atoms with Crippen LogP contribution in [-0.2, 0) is 4.74 Å². The Morgan fingerprint density at radius 3 is 3.33 bits per heavy atom. The summed E-state index contributed by atoms with van der Waals surface area (Å²) in [5.74, 6) is -0.0887. The Labute approximate surface area is 92.7 Å². The van der Waals surface area contributed by atoms with Gasteiger partial charge in [0.2, 0.25) is 0 Å². The van der Waals surface area contributed by atoms with E-state index in [0.717, 1.165) is 25.9 Å². The van der Waals surface area contributed by atoms with E-state index in [0.29, 0.717) is 18.3 Å². The molecule has 0 aromatic carbocycles. The number of nitrogens with one attached hydrogen (secondary N) is 1. The Bertz CT molecular complexity index is 307. The highest BCUT2D eigenvalue weighted by Gasteiger charge is 2.15. The predicted octanol–water partition coefficient (Wildman–Crippen LogP) is 1.44. The fourth-order valence-corrected chi connectivity index (χ4v) is 2.17. The molecule has 2 rings (SSSR count). The number of thiazole rings is 1. The summed E-state index contributed by atoms with van der Waals surface area (Å²) in [5.41, 5.74) is 2.17. The second-order valence-electron chi connectivity index (χ2n) is 3.55. The average Bonchev–Trinajstić information content (AvgIpc) is 2.90. The first-order valence-corrected chi connectivity index (χ1v) is 6.08. The van der Waals surface area contributed by atoms with E-state index >= 15 is 0 Å². The van der Waals surface area contributed by atoms with Gasteiger partial charge >= 0.3 is 0 Å². The van der Waals surface area contributed by atoms with Crippen molar-refractivity contribution < 1.29 is 9.53 Å². The maximum Gasteiger partial charge on any atom is 0.270 e. The van der Waals surface area contributed by atoms with Gasteiger partial charge in [-0.1, -0.05) is 0 Å². The molecular formula is C10H14N2O2S. The van der Waals surface area contributed by atoms with Crippen molar-refractivity contribution in [1.82, 2.24) is 10.3 Å². The van der Waals surface area contributed by atoms with Crippen LogP contribution >= 0.6 is 11.3 Å². The zero-order chi connectivity index (χ0) is 10.5. The Morgan fingerprint density at radius 1 is 1.73 bits per heavy atom. The summed E-state index contributed by atoms with van der Waals surface area (Å²) in [6, 6.07) is 0. The van der Waals surface area contributed by atoms with Crippen molar-refractivity contribution in [3.63, 3.8) is 0 Å². The van der Waals surface area contributed by atoms with E-state index < -0.39 is 0 Å². The number of hydrogen-bond acceptors (Lipinski definition) is 4. The Balaban J connectivity index is 1.67. The SMILES string of the molecule is O=C(NCCC1CCCO1)c1cscn1. The second-order valence-corrected chi connectivity index (χ2v) is 4.27. The van der Waals surface area contributed by atoms with E-state index in [1.807, 2.05) is 0 Å². The van der Waals surface area contributed by atoms with Crippen molar-refractivity contribution in [2.24, 2.45) is 0 Å². The zero-order valence-electron chi connectivity index (χ0n) is 8.44. The summed E-state index contributed by atoms with van der Waals surface area (Å²) in [4.78, 5) is 15.4. The van der Waals surface area contributed by atoms with Crippen LogP contribution in [0.25, 0.3) is 0 Å². The van der Waals surface area contributed by atoms with Gasteiger partial charge in [-0.25, -0.2) is 4.98 Å². The fourth-order valence-electron chi connectivity index (χ4n) is 1.63. The molecule has 1 fully saturated rings. The maximum atomic E-state index is 11.5. The van der Waals surface area contributed by atoms with Crippen molar-refractivity contribution in [3.05, 3.63) is 16.6 Å². The normalized spacial score (nSPS) is 20.4. The molecule has 5 heteroatoms. The molecule has 0 radical (unpaired) electrons. The van der Waals surface area contributed by atoms with Crippen LogP contribution in [0, 0.1) is 0 Å². The molecule has 1 aromatic heterocycles. The minimum Gasteiger partial charge on any atom is -0.378 e. The van der Waals surface area contributed by atoms with Crippen LogP contribution < -0.4 is 5.32 Å². The van der Waals surface area contributed by atoms with Gasteiger partial charge in [0.25, 0.3) is 5.91 Å². The van der Waals surface area contributed by atoms with Crippen LogP contribution in [0.3, 0.4) is 0 Å². The molecule has 1 aliphatic heterocycles. The maximum absolute atomic E-state index is 11.5. The predicted molar refractivity (Wildman–Crippen MR) is 58.0 cm³/mol. The largest absolute Gasteiger partial charge is 0.378 e. The molecule has 0 aliphatic carbocycles. The lowest BCUT2D eigenvalue weighted by Crippen LogP contribution is -2.27. The highest BCUT2D eigenvalue weighted by atomic mass is 32.1. The van der Waals surface area contributed by atoms with Gasteiger partial charge in [-0.2, -0.15) is 0 Å². The lowest BCUT2D eigenvalue weighted by atomic mass is 10.2. The molecule has 1 N–H and O–H groups in total. The topological polar surface area (TPSA) is 51.2 Å². The number of ether oxygens (including phenoxy) is 1. The summed E-state index contributed by atoms with van der Waals surface area (Å²) in [7, 11) is 0. The molecule has 1 atom stereocenters. The molecule has 1 aromatic rings. The Morgan fingerprint density at radius 2 is 2.67 bits per heavy atom. The molecule has 4 nitrogen and oxygen atoms in total. The molecule has 0 bridgehead atoms. The van der Waals surface area contributed by atoms with E-state index in [1.54, 1.807) is 10.9 Å². The van der Waals surface area contributed by atoms with E-state index in [2.05, 4.69) is 10.3 Å². The number of nitrogens with zero attached hydrogens (tertiary/aromatic N) is 1. The molecular weight excluding hydrogens is 212 g/mol. The third kappa shape index (κ3) is 3.00. The summed E-state index contributed by atoms with van der Waals surface area (Å²) >= 11 is 1.43. The second kappa shape index (κ2) is 5.23. The first kappa shape index (κ1) is 10.6. The quantitative estimate of drug-likeness (QED) is 0.845. The van der Waals surface area contributed by atoms with Crippen LogP contribution in [-0.4, -0.2) is 30.1 Å². The van der Waals surface area contributed by atoms with Crippen LogP contribution in [0.1, 0.15) is 29.8 Å². The van der Waals surface area contributed by atoms with Gasteiger partial charge in [-0.3, -0.25) is 4.79 Å². The minimum atomic E-state index is -0.0887. The molecule has 1 aliphatic rings. The van der Waals surface area contributed by atoms with Crippen molar-refractivity contribution in [1.29, 1.82) is 0 Å². The highest BCUT2D eigenvalue weighted by molar-refractivity contribution is 7.07. The van der Waals surface area contributed by atoms with Crippen LogP contribution in [0.4, 0.5) is 0 Å². The van der Waals surface area contributed by atoms with Gasteiger partial charge < -0.3 is 10.1 Å². The van der Waals surface area contributed by atoms with Gasteiger partial charge in [0, 0.05) is 18.5 Å². The van der Waals surface area contributed by atoms with E-state index in [9.17, 15) is 4.79 Å². The van der Waals surface area contributed by atoms with Crippen LogP contribution in [0.5, 0.6) is 0 Å². The van der Waals surface area contributed by atoms with Crippen molar-refractivity contribution in [2.75, 3.05) is 13.2 Å². The molecule has 1 saturated heterocycles. The smallest absolute Gasteiger partial charge is 0.270 e. The fraction of sp³-hybridized carbons (Fsp3) is 0.600. The first-order chi connectivity index (χ1) is 7.36. The molecule has 15 heavy (non-hydrogen) atoms. The van der Waals surface area contributed by atoms with Crippen molar-refractivity contribution in [3.8, 4) is 0 Å². The van der Waals surface area contributed by atoms with E-state index in [4.69, 9.17) is 4.74 Å². The number of carbonyl (C=O) groups excluding carboxylic acids is 1. The highest BCUT2D eigenvalue weighted by Crippen LogP contribution is 2.14. The van der Waals surface area contributed by atoms with Crippen molar-refractivity contribution >= 4 is 17.2 Å². The number of rotatable bonds is 4. The van der Waals surface area contributed by atoms with Gasteiger partial charge in [0.05, 0.1) is 11.6 Å².